The number of hydrogen-bond donors (Lipinski definition) is 0. The Labute approximate surface area is 106 Å². The average Bonchev–Trinajstić information content (AvgIpc) is 2.77. The summed E-state index contributed by atoms with van der Waals surface area (Å²) in [7, 11) is 0. The minimum Gasteiger partial charge on any atom is -0.380 e. The molecule has 0 bridgehead atoms. The van der Waals surface area contributed by atoms with E-state index in [-0.39, 0.29) is 0 Å². The van der Waals surface area contributed by atoms with Crippen LogP contribution in [0.1, 0.15) is 52.4 Å². The smallest absolute Gasteiger partial charge is 0.0991 e. The van der Waals surface area contributed by atoms with Crippen LogP contribution in [0.4, 0.5) is 0 Å². The maximum atomic E-state index is 5.40. The molecule has 0 N–H and O–H groups in total. The van der Waals surface area contributed by atoms with Crippen LogP contribution in [0.25, 0.3) is 0 Å². The summed E-state index contributed by atoms with van der Waals surface area (Å²) in [5, 5.41) is 0. The Hall–Kier alpha value is -0.570. The van der Waals surface area contributed by atoms with E-state index in [0.717, 1.165) is 39.3 Å². The molecule has 100 valence electrons. The van der Waals surface area contributed by atoms with Gasteiger partial charge >= 0.3 is 0 Å². The van der Waals surface area contributed by atoms with Crippen LogP contribution < -0.4 is 0 Å². The zero-order chi connectivity index (χ0) is 12.3. The standard InChI is InChI=1S/C14H28N2O/c1-3-5-6-7-8-9-14-15-10-11-16(14)12-13-17-4-2/h3-13H2,1-2H3. The average molecular weight is 240 g/mol. The van der Waals surface area contributed by atoms with E-state index in [1.54, 1.807) is 0 Å². The fraction of sp³-hybridized carbons (Fsp3) is 0.929. The van der Waals surface area contributed by atoms with Crippen molar-refractivity contribution in [1.29, 1.82) is 0 Å². The molecular formula is C14H28N2O. The van der Waals surface area contributed by atoms with Crippen LogP contribution in [0.5, 0.6) is 0 Å². The van der Waals surface area contributed by atoms with Gasteiger partial charge in [0.25, 0.3) is 0 Å². The summed E-state index contributed by atoms with van der Waals surface area (Å²) < 4.78 is 5.40. The molecule has 0 amide bonds. The molecule has 0 fully saturated rings. The van der Waals surface area contributed by atoms with Crippen LogP contribution >= 0.6 is 0 Å². The van der Waals surface area contributed by atoms with Gasteiger partial charge in [0.05, 0.1) is 19.0 Å². The fourth-order valence-corrected chi connectivity index (χ4v) is 2.21. The lowest BCUT2D eigenvalue weighted by atomic mass is 10.1. The van der Waals surface area contributed by atoms with Gasteiger partial charge in [-0.1, -0.05) is 32.6 Å². The third-order valence-corrected chi connectivity index (χ3v) is 3.24. The Morgan fingerprint density at radius 3 is 2.76 bits per heavy atom. The van der Waals surface area contributed by atoms with E-state index < -0.39 is 0 Å². The van der Waals surface area contributed by atoms with Crippen LogP contribution in [0.3, 0.4) is 0 Å². The molecule has 17 heavy (non-hydrogen) atoms. The third kappa shape index (κ3) is 6.06. The maximum Gasteiger partial charge on any atom is 0.0991 e. The number of ether oxygens (including phenoxy) is 1. The highest BCUT2D eigenvalue weighted by Gasteiger charge is 2.15. The largest absolute Gasteiger partial charge is 0.380 e. The van der Waals surface area contributed by atoms with Crippen molar-refractivity contribution in [2.24, 2.45) is 4.99 Å². The Balaban J connectivity index is 2.09. The van der Waals surface area contributed by atoms with Gasteiger partial charge in [-0.15, -0.1) is 0 Å². The van der Waals surface area contributed by atoms with Crippen LogP contribution in [-0.2, 0) is 4.74 Å². The number of unbranched alkanes of at least 4 members (excludes halogenated alkanes) is 4. The first kappa shape index (κ1) is 14.5. The topological polar surface area (TPSA) is 24.8 Å². The summed E-state index contributed by atoms with van der Waals surface area (Å²) >= 11 is 0. The van der Waals surface area contributed by atoms with Gasteiger partial charge in [0.15, 0.2) is 0 Å². The second kappa shape index (κ2) is 9.46. The minimum absolute atomic E-state index is 0.817. The Bertz CT molecular complexity index is 216. The molecule has 0 aromatic rings. The number of hydrogen-bond acceptors (Lipinski definition) is 3. The second-order valence-electron chi connectivity index (χ2n) is 4.65. The van der Waals surface area contributed by atoms with Crippen LogP contribution in [0.2, 0.25) is 0 Å². The van der Waals surface area contributed by atoms with Crippen molar-refractivity contribution in [2.45, 2.75) is 52.4 Å². The molecule has 0 saturated carbocycles. The van der Waals surface area contributed by atoms with Crippen molar-refractivity contribution >= 4 is 5.84 Å². The summed E-state index contributed by atoms with van der Waals surface area (Å²) in [6, 6.07) is 0. The highest BCUT2D eigenvalue weighted by Crippen LogP contribution is 2.11. The lowest BCUT2D eigenvalue weighted by Gasteiger charge is -2.20. The van der Waals surface area contributed by atoms with Crippen molar-refractivity contribution in [3.63, 3.8) is 0 Å². The zero-order valence-corrected chi connectivity index (χ0v) is 11.6. The first-order chi connectivity index (χ1) is 8.38. The van der Waals surface area contributed by atoms with E-state index in [4.69, 9.17) is 4.74 Å². The number of aliphatic imine (C=N–C) groups is 1. The van der Waals surface area contributed by atoms with Crippen molar-refractivity contribution in [2.75, 3.05) is 32.8 Å². The molecule has 0 radical (unpaired) electrons. The number of rotatable bonds is 10. The molecule has 0 unspecified atom stereocenters. The molecule has 0 aliphatic carbocycles. The van der Waals surface area contributed by atoms with Gasteiger partial charge in [-0.05, 0) is 13.3 Å². The van der Waals surface area contributed by atoms with E-state index in [1.807, 2.05) is 6.92 Å². The zero-order valence-electron chi connectivity index (χ0n) is 11.6. The van der Waals surface area contributed by atoms with Gasteiger partial charge in [0.2, 0.25) is 0 Å². The normalized spacial score (nSPS) is 15.4. The Morgan fingerprint density at radius 2 is 2.00 bits per heavy atom. The quantitative estimate of drug-likeness (QED) is 0.548. The maximum absolute atomic E-state index is 5.40. The lowest BCUT2D eigenvalue weighted by Crippen LogP contribution is -2.31. The summed E-state index contributed by atoms with van der Waals surface area (Å²) in [4.78, 5) is 7.00. The van der Waals surface area contributed by atoms with Crippen LogP contribution in [-0.4, -0.2) is 43.6 Å². The van der Waals surface area contributed by atoms with Crippen molar-refractivity contribution in [3.8, 4) is 0 Å². The first-order valence-corrected chi connectivity index (χ1v) is 7.24. The van der Waals surface area contributed by atoms with Crippen LogP contribution in [0.15, 0.2) is 4.99 Å². The van der Waals surface area contributed by atoms with E-state index in [9.17, 15) is 0 Å². The highest BCUT2D eigenvalue weighted by atomic mass is 16.5. The molecule has 3 heteroatoms. The van der Waals surface area contributed by atoms with Gasteiger partial charge in [0.1, 0.15) is 0 Å². The third-order valence-electron chi connectivity index (χ3n) is 3.24. The monoisotopic (exact) mass is 240 g/mol. The molecule has 1 rings (SSSR count). The molecular weight excluding hydrogens is 212 g/mol. The fourth-order valence-electron chi connectivity index (χ4n) is 2.21. The Kier molecular flexibility index (Phi) is 8.06. The molecule has 1 aliphatic rings. The number of nitrogens with zero attached hydrogens (tertiary/aromatic N) is 2. The number of amidine groups is 1. The molecule has 0 saturated heterocycles. The van der Waals surface area contributed by atoms with Gasteiger partial charge in [-0.25, -0.2) is 0 Å². The highest BCUT2D eigenvalue weighted by molar-refractivity contribution is 5.83. The van der Waals surface area contributed by atoms with E-state index in [1.165, 1.54) is 37.9 Å². The molecule has 0 spiro atoms. The summed E-state index contributed by atoms with van der Waals surface area (Å²) in [5.41, 5.74) is 0. The predicted molar refractivity (Wildman–Crippen MR) is 73.7 cm³/mol. The van der Waals surface area contributed by atoms with Gasteiger partial charge < -0.3 is 9.64 Å². The van der Waals surface area contributed by atoms with E-state index in [2.05, 4.69) is 16.8 Å². The van der Waals surface area contributed by atoms with E-state index in [0.29, 0.717) is 0 Å². The molecule has 3 nitrogen and oxygen atoms in total. The van der Waals surface area contributed by atoms with Crippen molar-refractivity contribution in [1.82, 2.24) is 4.90 Å². The summed E-state index contributed by atoms with van der Waals surface area (Å²) in [6.45, 7) is 9.06. The lowest BCUT2D eigenvalue weighted by molar-refractivity contribution is 0.134. The summed E-state index contributed by atoms with van der Waals surface area (Å²) in [5.74, 6) is 1.32. The van der Waals surface area contributed by atoms with Gasteiger partial charge in [-0.3, -0.25) is 4.99 Å². The van der Waals surface area contributed by atoms with Gasteiger partial charge in [-0.2, -0.15) is 0 Å². The summed E-state index contributed by atoms with van der Waals surface area (Å²) in [6.07, 6.45) is 7.89. The minimum atomic E-state index is 0.817. The second-order valence-corrected chi connectivity index (χ2v) is 4.65. The molecule has 0 atom stereocenters. The van der Waals surface area contributed by atoms with Crippen molar-refractivity contribution in [3.05, 3.63) is 0 Å². The SMILES string of the molecule is CCCCCCCC1=NCCN1CCOCC. The molecule has 0 aromatic heterocycles. The molecule has 0 aromatic carbocycles. The predicted octanol–water partition coefficient (Wildman–Crippen LogP) is 3.10. The van der Waals surface area contributed by atoms with Crippen LogP contribution in [0, 0.1) is 0 Å². The molecule has 1 aliphatic heterocycles. The van der Waals surface area contributed by atoms with Crippen molar-refractivity contribution < 1.29 is 4.74 Å². The molecule has 1 heterocycles. The first-order valence-electron chi connectivity index (χ1n) is 7.24. The van der Waals surface area contributed by atoms with Gasteiger partial charge in [0, 0.05) is 26.1 Å². The Morgan fingerprint density at radius 1 is 1.18 bits per heavy atom. The van der Waals surface area contributed by atoms with E-state index >= 15 is 0 Å².